The molecular weight excluding hydrogens is 846 g/mol. The Kier molecular flexibility index (Phi) is 17.8. The number of rotatable bonds is 8. The van der Waals surface area contributed by atoms with Gasteiger partial charge in [-0.1, -0.05) is 70.2 Å². The second kappa shape index (κ2) is 22.9. The molecule has 2 saturated heterocycles. The molecule has 6 rings (SSSR count). The number of amides is 1. The highest BCUT2D eigenvalue weighted by molar-refractivity contribution is 6.39. The van der Waals surface area contributed by atoms with Gasteiger partial charge in [-0.3, -0.25) is 14.4 Å². The summed E-state index contributed by atoms with van der Waals surface area (Å²) in [6, 6.07) is 13.1. The number of alkyl halides is 1. The number of carbonyl (C=O) groups is 4. The molecule has 1 saturated carbocycles. The fourth-order valence-corrected chi connectivity index (χ4v) is 10.8. The molecule has 3 aliphatic heterocycles. The van der Waals surface area contributed by atoms with Gasteiger partial charge in [0.15, 0.2) is 0 Å². The van der Waals surface area contributed by atoms with Crippen molar-refractivity contribution < 1.29 is 57.1 Å². The molecule has 364 valence electrons. The van der Waals surface area contributed by atoms with E-state index in [-0.39, 0.29) is 62.1 Å². The first kappa shape index (κ1) is 51.4. The molecular formula is C53H74FNO11. The number of hydrogen-bond donors (Lipinski definition) is 1. The maximum absolute atomic E-state index is 16.3. The Balaban J connectivity index is 1.29. The van der Waals surface area contributed by atoms with Crippen LogP contribution in [0.1, 0.15) is 112 Å². The number of hydrogen-bond acceptors (Lipinski definition) is 11. The van der Waals surface area contributed by atoms with Gasteiger partial charge in [0.25, 0.3) is 11.7 Å². The van der Waals surface area contributed by atoms with Crippen LogP contribution in [-0.2, 0) is 42.9 Å². The van der Waals surface area contributed by atoms with Crippen LogP contribution in [0.5, 0.6) is 5.75 Å². The number of piperidine rings is 1. The number of methoxy groups -OCH3 is 3. The number of ketones is 2. The monoisotopic (exact) mass is 920 g/mol. The van der Waals surface area contributed by atoms with E-state index in [0.29, 0.717) is 37.7 Å². The van der Waals surface area contributed by atoms with Crippen molar-refractivity contribution in [2.45, 2.75) is 167 Å². The summed E-state index contributed by atoms with van der Waals surface area (Å²) in [7, 11) is 4.62. The lowest BCUT2D eigenvalue weighted by Gasteiger charge is -2.47. The van der Waals surface area contributed by atoms with Crippen LogP contribution in [0, 0.1) is 29.6 Å². The van der Waals surface area contributed by atoms with Gasteiger partial charge in [0.2, 0.25) is 5.79 Å². The summed E-state index contributed by atoms with van der Waals surface area (Å²) in [5, 5.41) is 14.3. The summed E-state index contributed by atoms with van der Waals surface area (Å²) in [5.41, 5.74) is 1.23. The van der Waals surface area contributed by atoms with Crippen molar-refractivity contribution in [3.63, 3.8) is 0 Å². The van der Waals surface area contributed by atoms with Crippen LogP contribution in [-0.4, -0.2) is 116 Å². The lowest BCUT2D eigenvalue weighted by Crippen LogP contribution is -2.64. The van der Waals surface area contributed by atoms with Crippen LogP contribution in [0.25, 0.3) is 10.8 Å². The second-order valence-corrected chi connectivity index (χ2v) is 19.6. The van der Waals surface area contributed by atoms with Crippen LogP contribution in [0.15, 0.2) is 65.8 Å². The van der Waals surface area contributed by atoms with Crippen molar-refractivity contribution in [1.82, 2.24) is 4.90 Å². The standard InChI is InChI=1S/C53H74FNO11/c1-10-37-26-32(3)47(54)33(4)27-45(62-8)49-46(63-9)28-35(6)53(60,66-49)50(57)51(58)55-24-14-13-17-41(55)52(59)65-48(31(2)18-22-42(37)56)34(5)25-36-19-23-43(44(29-36)61-7)64-40-21-20-38-15-11-12-16-39(38)30-40/h11-12,15-16,20-21,25-26,30-31,33,35-37,41,43-49,60H,10,13-14,17-19,22-24,27-29H2,1-9H3/b32-26+,34-25?. The van der Waals surface area contributed by atoms with Gasteiger partial charge in [0.1, 0.15) is 42.1 Å². The minimum Gasteiger partial charge on any atom is -0.488 e. The summed E-state index contributed by atoms with van der Waals surface area (Å²) in [6.07, 6.45) is 3.74. The normalized spacial score (nSPS) is 37.0. The largest absolute Gasteiger partial charge is 0.488 e. The van der Waals surface area contributed by atoms with Crippen molar-refractivity contribution in [2.24, 2.45) is 29.6 Å². The topological polar surface area (TPSA) is 147 Å². The highest BCUT2D eigenvalue weighted by atomic mass is 19.1. The summed E-state index contributed by atoms with van der Waals surface area (Å²) in [6.45, 7) is 10.9. The molecule has 2 aromatic rings. The smallest absolute Gasteiger partial charge is 0.329 e. The molecule has 12 nitrogen and oxygen atoms in total. The van der Waals surface area contributed by atoms with Gasteiger partial charge in [-0.15, -0.1) is 0 Å². The first-order valence-corrected chi connectivity index (χ1v) is 24.3. The third kappa shape index (κ3) is 11.6. The Morgan fingerprint density at radius 2 is 1.56 bits per heavy atom. The van der Waals surface area contributed by atoms with E-state index in [1.54, 1.807) is 34.0 Å². The Labute approximate surface area is 390 Å². The van der Waals surface area contributed by atoms with E-state index in [2.05, 4.69) is 24.3 Å². The van der Waals surface area contributed by atoms with E-state index in [1.165, 1.54) is 19.1 Å². The number of nitrogens with zero attached hydrogens (tertiary/aromatic N) is 1. The second-order valence-electron chi connectivity index (χ2n) is 19.6. The summed E-state index contributed by atoms with van der Waals surface area (Å²) in [4.78, 5) is 58.4. The van der Waals surface area contributed by atoms with Crippen molar-refractivity contribution in [1.29, 1.82) is 0 Å². The molecule has 3 heterocycles. The predicted molar refractivity (Wildman–Crippen MR) is 249 cm³/mol. The van der Waals surface area contributed by atoms with Crippen molar-refractivity contribution in [3.8, 4) is 5.75 Å². The minimum atomic E-state index is -2.57. The molecule has 14 unspecified atom stereocenters. The number of Topliss-reactive ketones (excluding diaryl/α,β-unsaturated/α-hetero) is 2. The van der Waals surface area contributed by atoms with Gasteiger partial charge in [-0.05, 0) is 130 Å². The van der Waals surface area contributed by atoms with Gasteiger partial charge in [-0.25, -0.2) is 9.18 Å². The number of fused-ring (bicyclic) bond motifs is 4. The number of carbonyl (C=O) groups excluding carboxylic acids is 4. The Bertz CT molecular complexity index is 2070. The third-order valence-corrected chi connectivity index (χ3v) is 15.0. The average Bonchev–Trinajstić information content (AvgIpc) is 3.32. The molecule has 0 spiro atoms. The molecule has 1 N–H and O–H groups in total. The van der Waals surface area contributed by atoms with E-state index in [9.17, 15) is 24.3 Å². The molecule has 4 aliphatic rings. The summed E-state index contributed by atoms with van der Waals surface area (Å²) < 4.78 is 53.2. The maximum Gasteiger partial charge on any atom is 0.329 e. The zero-order valence-electron chi connectivity index (χ0n) is 40.5. The number of benzene rings is 2. The van der Waals surface area contributed by atoms with Gasteiger partial charge < -0.3 is 38.4 Å². The Hall–Kier alpha value is -4.01. The van der Waals surface area contributed by atoms with Crippen LogP contribution >= 0.6 is 0 Å². The van der Waals surface area contributed by atoms with Gasteiger partial charge in [0, 0.05) is 46.1 Å². The fourth-order valence-electron chi connectivity index (χ4n) is 10.8. The third-order valence-electron chi connectivity index (χ3n) is 15.0. The highest BCUT2D eigenvalue weighted by Crippen LogP contribution is 2.40. The van der Waals surface area contributed by atoms with E-state index in [0.717, 1.165) is 34.9 Å². The summed E-state index contributed by atoms with van der Waals surface area (Å²) >= 11 is 0. The zero-order chi connectivity index (χ0) is 47.9. The van der Waals surface area contributed by atoms with E-state index < -0.39 is 77.8 Å². The maximum atomic E-state index is 16.3. The number of aliphatic hydroxyl groups is 1. The van der Waals surface area contributed by atoms with Gasteiger partial charge in [0.05, 0.1) is 18.3 Å². The van der Waals surface area contributed by atoms with Gasteiger partial charge >= 0.3 is 5.97 Å². The fraction of sp³-hybridized carbons (Fsp3) is 0.660. The Morgan fingerprint density at radius 3 is 2.26 bits per heavy atom. The van der Waals surface area contributed by atoms with E-state index in [1.807, 2.05) is 45.0 Å². The zero-order valence-corrected chi connectivity index (χ0v) is 40.5. The summed E-state index contributed by atoms with van der Waals surface area (Å²) in [5.74, 6) is -6.97. The lowest BCUT2D eigenvalue weighted by atomic mass is 9.81. The Morgan fingerprint density at radius 1 is 0.864 bits per heavy atom. The number of esters is 1. The number of halogens is 1. The molecule has 2 bridgehead atoms. The molecule has 13 heteroatoms. The molecule has 14 atom stereocenters. The number of allylic oxidation sites excluding steroid dienone is 3. The average molecular weight is 920 g/mol. The van der Waals surface area contributed by atoms with Crippen LogP contribution in [0.3, 0.4) is 0 Å². The predicted octanol–water partition coefficient (Wildman–Crippen LogP) is 8.69. The molecule has 0 aromatic heterocycles. The molecule has 3 fully saturated rings. The van der Waals surface area contributed by atoms with Crippen molar-refractivity contribution in [3.05, 3.63) is 65.8 Å². The van der Waals surface area contributed by atoms with E-state index >= 15 is 4.39 Å². The molecule has 1 amide bonds. The quantitative estimate of drug-likeness (QED) is 0.154. The number of ether oxygens (including phenoxy) is 6. The van der Waals surface area contributed by atoms with Gasteiger partial charge in [-0.2, -0.15) is 0 Å². The van der Waals surface area contributed by atoms with Crippen molar-refractivity contribution >= 4 is 34.2 Å². The van der Waals surface area contributed by atoms with Crippen molar-refractivity contribution in [2.75, 3.05) is 27.9 Å². The molecule has 0 radical (unpaired) electrons. The molecule has 1 aliphatic carbocycles. The molecule has 66 heavy (non-hydrogen) atoms. The SMILES string of the molecule is CCC1/C=C(\C)C(F)C(C)CC(OC)C2OC(O)(C(=O)C(=O)N3CCCCC3C(=O)OC(C(C)=CC3CCC(Oc4ccc5ccccc5c4)C(OC)C3)C(C)CCC1=O)C(C)CC2OC. The van der Waals surface area contributed by atoms with Crippen LogP contribution in [0.2, 0.25) is 0 Å². The number of cyclic esters (lactones) is 1. The van der Waals surface area contributed by atoms with Crippen LogP contribution in [0.4, 0.5) is 4.39 Å². The van der Waals surface area contributed by atoms with E-state index in [4.69, 9.17) is 28.4 Å². The molecule has 2 aromatic carbocycles. The minimum absolute atomic E-state index is 0.0295. The first-order valence-electron chi connectivity index (χ1n) is 24.3. The first-order chi connectivity index (χ1) is 31.5. The highest BCUT2D eigenvalue weighted by Gasteiger charge is 2.57. The lowest BCUT2D eigenvalue weighted by molar-refractivity contribution is -0.302. The van der Waals surface area contributed by atoms with Crippen LogP contribution < -0.4 is 4.74 Å².